The molecular formula is C26H28N4O2. The van der Waals surface area contributed by atoms with Crippen molar-refractivity contribution in [3.8, 4) is 5.75 Å². The molecule has 0 unspecified atom stereocenters. The summed E-state index contributed by atoms with van der Waals surface area (Å²) in [5, 5.41) is 0. The van der Waals surface area contributed by atoms with Gasteiger partial charge in [-0.25, -0.2) is 9.97 Å². The fourth-order valence-corrected chi connectivity index (χ4v) is 4.81. The van der Waals surface area contributed by atoms with E-state index in [9.17, 15) is 4.79 Å². The highest BCUT2D eigenvalue weighted by molar-refractivity contribution is 5.98. The number of carbonyl (C=O) groups is 1. The number of rotatable bonds is 4. The van der Waals surface area contributed by atoms with Crippen molar-refractivity contribution in [2.75, 3.05) is 43.1 Å². The molecular weight excluding hydrogens is 400 g/mol. The van der Waals surface area contributed by atoms with Crippen molar-refractivity contribution in [1.82, 2.24) is 9.97 Å². The van der Waals surface area contributed by atoms with Gasteiger partial charge in [-0.05, 0) is 54.7 Å². The lowest BCUT2D eigenvalue weighted by Gasteiger charge is -2.36. The van der Waals surface area contributed by atoms with Crippen LogP contribution in [0.25, 0.3) is 0 Å². The number of methoxy groups -OCH3 is 1. The number of ketones is 1. The summed E-state index contributed by atoms with van der Waals surface area (Å²) in [7, 11) is 1.68. The summed E-state index contributed by atoms with van der Waals surface area (Å²) in [6, 6.07) is 16.5. The minimum atomic E-state index is 0.148. The molecule has 2 heterocycles. The molecule has 0 saturated carbocycles. The average molecular weight is 429 g/mol. The summed E-state index contributed by atoms with van der Waals surface area (Å²) in [5.74, 6) is 1.94. The van der Waals surface area contributed by atoms with Crippen LogP contribution < -0.4 is 14.5 Å². The monoisotopic (exact) mass is 428 g/mol. The first-order chi connectivity index (χ1) is 15.6. The van der Waals surface area contributed by atoms with Crippen LogP contribution in [0, 0.1) is 6.92 Å². The van der Waals surface area contributed by atoms with Gasteiger partial charge in [0.15, 0.2) is 5.78 Å². The van der Waals surface area contributed by atoms with Crippen LogP contribution in [0.3, 0.4) is 0 Å². The van der Waals surface area contributed by atoms with Crippen LogP contribution in [-0.4, -0.2) is 49.0 Å². The third kappa shape index (κ3) is 3.93. The molecule has 0 radical (unpaired) electrons. The Balaban J connectivity index is 1.31. The fraction of sp³-hybridized carbons (Fsp3) is 0.346. The number of aromatic nitrogens is 2. The first kappa shape index (κ1) is 20.5. The molecule has 1 saturated heterocycles. The fourth-order valence-electron chi connectivity index (χ4n) is 4.81. The van der Waals surface area contributed by atoms with Gasteiger partial charge >= 0.3 is 0 Å². The average Bonchev–Trinajstić information content (AvgIpc) is 2.84. The molecule has 6 heteroatoms. The maximum Gasteiger partial charge on any atom is 0.225 e. The number of hydrogen-bond acceptors (Lipinski definition) is 6. The SMILES string of the molecule is COc1ccc(N2CCN(c3ncc4c(n3)C[C@H](c3ccccc3C)CC4=O)CC2)cc1. The van der Waals surface area contributed by atoms with Crippen LogP contribution >= 0.6 is 0 Å². The molecule has 0 N–H and O–H groups in total. The third-order valence-electron chi connectivity index (χ3n) is 6.66. The predicted molar refractivity (Wildman–Crippen MR) is 126 cm³/mol. The minimum absolute atomic E-state index is 0.148. The summed E-state index contributed by atoms with van der Waals surface area (Å²) in [5.41, 5.74) is 5.26. The number of anilines is 2. The molecule has 6 nitrogen and oxygen atoms in total. The third-order valence-corrected chi connectivity index (χ3v) is 6.66. The Hall–Kier alpha value is -3.41. The maximum atomic E-state index is 12.8. The predicted octanol–water partition coefficient (Wildman–Crippen LogP) is 4.03. The zero-order valence-corrected chi connectivity index (χ0v) is 18.6. The smallest absolute Gasteiger partial charge is 0.225 e. The molecule has 164 valence electrons. The number of Topliss-reactive ketones (excluding diaryl/α,β-unsaturated/α-hetero) is 1. The molecule has 1 fully saturated rings. The van der Waals surface area contributed by atoms with Crippen molar-refractivity contribution in [2.45, 2.75) is 25.7 Å². The molecule has 3 aromatic rings. The number of carbonyl (C=O) groups excluding carboxylic acids is 1. The number of nitrogens with zero attached hydrogens (tertiary/aromatic N) is 4. The molecule has 1 atom stereocenters. The number of piperazine rings is 1. The lowest BCUT2D eigenvalue weighted by Crippen LogP contribution is -2.47. The van der Waals surface area contributed by atoms with E-state index in [0.717, 1.165) is 50.0 Å². The van der Waals surface area contributed by atoms with E-state index in [1.54, 1.807) is 13.3 Å². The van der Waals surface area contributed by atoms with Crippen LogP contribution in [0.4, 0.5) is 11.6 Å². The Bertz CT molecular complexity index is 1120. The van der Waals surface area contributed by atoms with Crippen LogP contribution in [0.15, 0.2) is 54.7 Å². The van der Waals surface area contributed by atoms with Crippen molar-refractivity contribution in [3.63, 3.8) is 0 Å². The normalized spacial score (nSPS) is 18.4. The molecule has 1 aliphatic carbocycles. The highest BCUT2D eigenvalue weighted by Gasteiger charge is 2.30. The van der Waals surface area contributed by atoms with E-state index in [1.165, 1.54) is 16.8 Å². The second kappa shape index (κ2) is 8.61. The molecule has 2 aromatic carbocycles. The molecule has 1 aliphatic heterocycles. The minimum Gasteiger partial charge on any atom is -0.497 e. The number of benzene rings is 2. The Labute approximate surface area is 188 Å². The Kier molecular flexibility index (Phi) is 5.52. The van der Waals surface area contributed by atoms with Crippen LogP contribution in [0.2, 0.25) is 0 Å². The summed E-state index contributed by atoms with van der Waals surface area (Å²) in [6.45, 7) is 5.61. The second-order valence-corrected chi connectivity index (χ2v) is 8.59. The van der Waals surface area contributed by atoms with Crippen molar-refractivity contribution >= 4 is 17.4 Å². The van der Waals surface area contributed by atoms with Gasteiger partial charge in [0.05, 0.1) is 18.4 Å². The van der Waals surface area contributed by atoms with Crippen LogP contribution in [-0.2, 0) is 6.42 Å². The molecule has 32 heavy (non-hydrogen) atoms. The second-order valence-electron chi connectivity index (χ2n) is 8.59. The van der Waals surface area contributed by atoms with E-state index in [4.69, 9.17) is 9.72 Å². The van der Waals surface area contributed by atoms with Gasteiger partial charge in [0.1, 0.15) is 5.75 Å². The molecule has 5 rings (SSSR count). The lowest BCUT2D eigenvalue weighted by atomic mass is 9.81. The Morgan fingerprint density at radius 2 is 1.66 bits per heavy atom. The highest BCUT2D eigenvalue weighted by Crippen LogP contribution is 2.34. The van der Waals surface area contributed by atoms with Crippen LogP contribution in [0.1, 0.15) is 39.5 Å². The summed E-state index contributed by atoms with van der Waals surface area (Å²) in [4.78, 5) is 26.8. The van der Waals surface area contributed by atoms with Crippen molar-refractivity contribution in [1.29, 1.82) is 0 Å². The van der Waals surface area contributed by atoms with Gasteiger partial charge in [0, 0.05) is 44.5 Å². The summed E-state index contributed by atoms with van der Waals surface area (Å²) >= 11 is 0. The van der Waals surface area contributed by atoms with Gasteiger partial charge in [0.25, 0.3) is 0 Å². The van der Waals surface area contributed by atoms with E-state index in [1.807, 2.05) is 18.2 Å². The van der Waals surface area contributed by atoms with E-state index in [2.05, 4.69) is 52.0 Å². The van der Waals surface area contributed by atoms with E-state index < -0.39 is 0 Å². The van der Waals surface area contributed by atoms with Gasteiger partial charge in [-0.3, -0.25) is 4.79 Å². The summed E-state index contributed by atoms with van der Waals surface area (Å²) < 4.78 is 5.26. The number of aryl methyl sites for hydroxylation is 1. The van der Waals surface area contributed by atoms with E-state index >= 15 is 0 Å². The van der Waals surface area contributed by atoms with Gasteiger partial charge in [-0.15, -0.1) is 0 Å². The Morgan fingerprint density at radius 3 is 2.38 bits per heavy atom. The molecule has 1 aromatic heterocycles. The van der Waals surface area contributed by atoms with Crippen LogP contribution in [0.5, 0.6) is 5.75 Å². The number of ether oxygens (including phenoxy) is 1. The molecule has 0 spiro atoms. The molecule has 2 aliphatic rings. The Morgan fingerprint density at radius 1 is 0.938 bits per heavy atom. The van der Waals surface area contributed by atoms with E-state index in [-0.39, 0.29) is 11.7 Å². The number of fused-ring (bicyclic) bond motifs is 1. The summed E-state index contributed by atoms with van der Waals surface area (Å²) in [6.07, 6.45) is 3.05. The van der Waals surface area contributed by atoms with Gasteiger partial charge < -0.3 is 14.5 Å². The quantitative estimate of drug-likeness (QED) is 0.625. The first-order valence-corrected chi connectivity index (χ1v) is 11.2. The largest absolute Gasteiger partial charge is 0.497 e. The lowest BCUT2D eigenvalue weighted by molar-refractivity contribution is 0.0962. The zero-order chi connectivity index (χ0) is 22.1. The van der Waals surface area contributed by atoms with Gasteiger partial charge in [-0.2, -0.15) is 0 Å². The number of hydrogen-bond donors (Lipinski definition) is 0. The standard InChI is InChI=1S/C26H28N4O2/c1-18-5-3-4-6-22(18)19-15-24-23(25(31)16-19)17-27-26(28-24)30-13-11-29(12-14-30)20-7-9-21(32-2)10-8-20/h3-10,17,19H,11-16H2,1-2H3/t19-/m0/s1. The first-order valence-electron chi connectivity index (χ1n) is 11.2. The molecule has 0 bridgehead atoms. The van der Waals surface area contributed by atoms with Crippen molar-refractivity contribution in [3.05, 3.63) is 77.1 Å². The van der Waals surface area contributed by atoms with Crippen molar-refractivity contribution < 1.29 is 9.53 Å². The highest BCUT2D eigenvalue weighted by atomic mass is 16.5. The maximum absolute atomic E-state index is 12.8. The van der Waals surface area contributed by atoms with Gasteiger partial charge in [0.2, 0.25) is 5.95 Å². The van der Waals surface area contributed by atoms with E-state index in [0.29, 0.717) is 12.0 Å². The topological polar surface area (TPSA) is 58.6 Å². The molecule has 0 amide bonds. The zero-order valence-electron chi connectivity index (χ0n) is 18.6. The van der Waals surface area contributed by atoms with Crippen molar-refractivity contribution in [2.24, 2.45) is 0 Å². The van der Waals surface area contributed by atoms with Gasteiger partial charge in [-0.1, -0.05) is 24.3 Å².